The van der Waals surface area contributed by atoms with Gasteiger partial charge in [-0.1, -0.05) is 12.1 Å². The van der Waals surface area contributed by atoms with Crippen LogP contribution in [0.3, 0.4) is 0 Å². The maximum Gasteiger partial charge on any atom is 0.233 e. The molecule has 1 saturated heterocycles. The van der Waals surface area contributed by atoms with Crippen LogP contribution < -0.4 is 4.74 Å². The Hall–Kier alpha value is -1.92. The molecule has 0 amide bonds. The lowest BCUT2D eigenvalue weighted by Crippen LogP contribution is -2.27. The summed E-state index contributed by atoms with van der Waals surface area (Å²) >= 11 is 0. The van der Waals surface area contributed by atoms with E-state index in [4.69, 9.17) is 13.9 Å². The van der Waals surface area contributed by atoms with E-state index in [-0.39, 0.29) is 12.1 Å². The summed E-state index contributed by atoms with van der Waals surface area (Å²) in [5.74, 6) is 2.36. The molecule has 128 valence electrons. The van der Waals surface area contributed by atoms with Crippen molar-refractivity contribution >= 4 is 0 Å². The smallest absolute Gasteiger partial charge is 0.233 e. The Morgan fingerprint density at radius 1 is 1.33 bits per heavy atom. The quantitative estimate of drug-likeness (QED) is 0.839. The maximum atomic E-state index is 5.67. The lowest BCUT2D eigenvalue weighted by atomic mass is 10.1. The number of methoxy groups -OCH3 is 1. The van der Waals surface area contributed by atoms with Crippen LogP contribution in [0.4, 0.5) is 0 Å². The summed E-state index contributed by atoms with van der Waals surface area (Å²) in [5, 5.41) is 8.19. The van der Waals surface area contributed by atoms with Crippen molar-refractivity contribution in [2.75, 3.05) is 26.8 Å². The van der Waals surface area contributed by atoms with Crippen LogP contribution in [0.1, 0.15) is 35.4 Å². The van der Waals surface area contributed by atoms with Gasteiger partial charge >= 0.3 is 0 Å². The minimum Gasteiger partial charge on any atom is -0.493 e. The summed E-state index contributed by atoms with van der Waals surface area (Å²) in [6.45, 7) is 4.48. The molecule has 1 aromatic carbocycles. The van der Waals surface area contributed by atoms with Gasteiger partial charge < -0.3 is 13.9 Å². The van der Waals surface area contributed by atoms with Gasteiger partial charge in [-0.25, -0.2) is 0 Å². The van der Waals surface area contributed by atoms with Crippen LogP contribution in [0.5, 0.6) is 5.75 Å². The molecule has 1 aromatic heterocycles. The molecule has 6 nitrogen and oxygen atoms in total. The summed E-state index contributed by atoms with van der Waals surface area (Å²) in [6.07, 6.45) is 3.13. The fourth-order valence-electron chi connectivity index (χ4n) is 3.65. The highest BCUT2D eigenvalue weighted by Crippen LogP contribution is 2.33. The highest BCUT2D eigenvalue weighted by atomic mass is 16.5. The molecule has 0 N–H and O–H groups in total. The number of nitrogens with zero attached hydrogens (tertiary/aromatic N) is 3. The minimum absolute atomic E-state index is 0.147. The Labute approximate surface area is 141 Å². The summed E-state index contributed by atoms with van der Waals surface area (Å²) in [5.41, 5.74) is 2.67. The summed E-state index contributed by atoms with van der Waals surface area (Å²) in [6, 6.07) is 6.69. The zero-order chi connectivity index (χ0) is 16.5. The number of fused-ring (bicyclic) bond motifs is 1. The molecule has 3 heterocycles. The van der Waals surface area contributed by atoms with Crippen LogP contribution in [0.2, 0.25) is 0 Å². The van der Waals surface area contributed by atoms with E-state index in [1.54, 1.807) is 7.11 Å². The molecule has 24 heavy (non-hydrogen) atoms. The van der Waals surface area contributed by atoms with Crippen molar-refractivity contribution in [2.24, 2.45) is 0 Å². The second-order valence-electron chi connectivity index (χ2n) is 6.55. The number of hydrogen-bond acceptors (Lipinski definition) is 6. The molecular formula is C18H23N3O3. The fourth-order valence-corrected chi connectivity index (χ4v) is 3.65. The van der Waals surface area contributed by atoms with Crippen LogP contribution in [0, 0.1) is 6.92 Å². The molecule has 2 aromatic rings. The number of hydrogen-bond donors (Lipinski definition) is 0. The predicted molar refractivity (Wildman–Crippen MR) is 88.1 cm³/mol. The van der Waals surface area contributed by atoms with E-state index in [2.05, 4.69) is 33.3 Å². The highest BCUT2D eigenvalue weighted by molar-refractivity contribution is 5.39. The fraction of sp³-hybridized carbons (Fsp3) is 0.556. The van der Waals surface area contributed by atoms with E-state index in [1.165, 1.54) is 11.1 Å². The van der Waals surface area contributed by atoms with Gasteiger partial charge in [0.2, 0.25) is 11.8 Å². The molecule has 0 saturated carbocycles. The van der Waals surface area contributed by atoms with Gasteiger partial charge in [-0.15, -0.1) is 10.2 Å². The zero-order valence-corrected chi connectivity index (χ0v) is 14.2. The molecule has 2 atom stereocenters. The molecule has 2 aliphatic rings. The third kappa shape index (κ3) is 3.03. The lowest BCUT2D eigenvalue weighted by Gasteiger charge is -2.21. The van der Waals surface area contributed by atoms with E-state index in [9.17, 15) is 0 Å². The van der Waals surface area contributed by atoms with Gasteiger partial charge in [0.15, 0.2) is 0 Å². The van der Waals surface area contributed by atoms with Crippen molar-refractivity contribution in [3.63, 3.8) is 0 Å². The Kier molecular flexibility index (Phi) is 4.24. The standard InChI is InChI=1S/C18H23N3O3/c1-12-19-20-18(24-12)16-10-15(22-2)11-21(16)7-5-13-3-4-17-14(9-13)6-8-23-17/h3-4,9,15-16H,5-8,10-11H2,1-2H3/t15-,16+/m0/s1. The highest BCUT2D eigenvalue weighted by Gasteiger charge is 2.36. The van der Waals surface area contributed by atoms with Crippen molar-refractivity contribution in [3.05, 3.63) is 41.1 Å². The lowest BCUT2D eigenvalue weighted by molar-refractivity contribution is 0.108. The van der Waals surface area contributed by atoms with Gasteiger partial charge in [0.05, 0.1) is 18.8 Å². The normalized spacial score (nSPS) is 23.4. The van der Waals surface area contributed by atoms with Crippen LogP contribution in [-0.4, -0.2) is 48.0 Å². The van der Waals surface area contributed by atoms with Crippen LogP contribution in [-0.2, 0) is 17.6 Å². The monoisotopic (exact) mass is 329 g/mol. The zero-order valence-electron chi connectivity index (χ0n) is 14.2. The molecule has 0 radical (unpaired) electrons. The molecule has 1 fully saturated rings. The van der Waals surface area contributed by atoms with Crippen molar-refractivity contribution in [3.8, 4) is 5.75 Å². The maximum absolute atomic E-state index is 5.67. The Morgan fingerprint density at radius 2 is 2.25 bits per heavy atom. The van der Waals surface area contributed by atoms with Gasteiger partial charge in [0.25, 0.3) is 0 Å². The molecule has 0 aliphatic carbocycles. The third-order valence-electron chi connectivity index (χ3n) is 4.97. The molecule has 0 unspecified atom stereocenters. The van der Waals surface area contributed by atoms with Crippen molar-refractivity contribution < 1.29 is 13.9 Å². The van der Waals surface area contributed by atoms with Gasteiger partial charge in [-0.2, -0.15) is 0 Å². The summed E-state index contributed by atoms with van der Waals surface area (Å²) < 4.78 is 16.8. The van der Waals surface area contributed by atoms with Gasteiger partial charge in [-0.3, -0.25) is 4.90 Å². The first-order valence-electron chi connectivity index (χ1n) is 8.54. The predicted octanol–water partition coefficient (Wildman–Crippen LogP) is 2.32. The van der Waals surface area contributed by atoms with E-state index in [0.29, 0.717) is 11.8 Å². The Morgan fingerprint density at radius 3 is 3.04 bits per heavy atom. The van der Waals surface area contributed by atoms with Crippen LogP contribution in [0.15, 0.2) is 22.6 Å². The van der Waals surface area contributed by atoms with Gasteiger partial charge in [-0.05, 0) is 30.0 Å². The third-order valence-corrected chi connectivity index (χ3v) is 4.97. The molecule has 0 spiro atoms. The van der Waals surface area contributed by atoms with Crippen molar-refractivity contribution in [2.45, 2.75) is 38.3 Å². The minimum atomic E-state index is 0.147. The second-order valence-corrected chi connectivity index (χ2v) is 6.55. The number of aryl methyl sites for hydroxylation is 1. The first kappa shape index (κ1) is 15.6. The number of rotatable bonds is 5. The van der Waals surface area contributed by atoms with Gasteiger partial charge in [0, 0.05) is 33.5 Å². The average molecular weight is 329 g/mol. The Bertz CT molecular complexity index is 715. The summed E-state index contributed by atoms with van der Waals surface area (Å²) in [7, 11) is 1.77. The topological polar surface area (TPSA) is 60.6 Å². The number of likely N-dealkylation sites (tertiary alicyclic amines) is 1. The van der Waals surface area contributed by atoms with Crippen LogP contribution in [0.25, 0.3) is 0 Å². The molecule has 6 heteroatoms. The first-order chi connectivity index (χ1) is 11.7. The SMILES string of the molecule is CO[C@H]1C[C@H](c2nnc(C)o2)N(CCc2ccc3c(c2)CCO3)C1. The summed E-state index contributed by atoms with van der Waals surface area (Å²) in [4.78, 5) is 2.39. The van der Waals surface area contributed by atoms with E-state index >= 15 is 0 Å². The molecule has 2 aliphatic heterocycles. The van der Waals surface area contributed by atoms with Crippen LogP contribution >= 0.6 is 0 Å². The van der Waals surface area contributed by atoms with E-state index in [0.717, 1.165) is 44.7 Å². The number of ether oxygens (including phenoxy) is 2. The molecule has 0 bridgehead atoms. The van der Waals surface area contributed by atoms with E-state index in [1.807, 2.05) is 6.92 Å². The van der Waals surface area contributed by atoms with E-state index < -0.39 is 0 Å². The number of aromatic nitrogens is 2. The Balaban J connectivity index is 1.45. The average Bonchev–Trinajstić information content (AvgIpc) is 3.31. The first-order valence-corrected chi connectivity index (χ1v) is 8.54. The van der Waals surface area contributed by atoms with Gasteiger partial charge in [0.1, 0.15) is 5.75 Å². The largest absolute Gasteiger partial charge is 0.493 e. The van der Waals surface area contributed by atoms with Crippen molar-refractivity contribution in [1.29, 1.82) is 0 Å². The molecule has 4 rings (SSSR count). The second kappa shape index (κ2) is 6.53. The number of benzene rings is 1. The molecular weight excluding hydrogens is 306 g/mol. The van der Waals surface area contributed by atoms with Crippen molar-refractivity contribution in [1.82, 2.24) is 15.1 Å².